The molecule has 8 rings (SSSR count). The van der Waals surface area contributed by atoms with Crippen molar-refractivity contribution in [3.05, 3.63) is 0 Å². The zero-order valence-electron chi connectivity index (χ0n) is 31.9. The molecular formula is C42H68O8. The molecular weight excluding hydrogens is 632 g/mol. The van der Waals surface area contributed by atoms with Gasteiger partial charge in [0.05, 0.1) is 37.6 Å². The van der Waals surface area contributed by atoms with E-state index in [-0.39, 0.29) is 65.8 Å². The average molecular weight is 701 g/mol. The number of carboxylic acid groups (broad SMARTS) is 1. The Morgan fingerprint density at radius 2 is 1.56 bits per heavy atom. The summed E-state index contributed by atoms with van der Waals surface area (Å²) in [5, 5.41) is 21.2. The number of carboxylic acids is 1. The molecule has 284 valence electrons. The lowest BCUT2D eigenvalue weighted by molar-refractivity contribution is -0.447. The van der Waals surface area contributed by atoms with Crippen LogP contribution in [0, 0.1) is 70.0 Å². The fourth-order valence-corrected chi connectivity index (χ4v) is 14.7. The standard InChI is InChI=1S/C42H68O8/c1-23(8-14-36(44)45)29-10-11-32-37-33(16-18-41(29,32)6)40(5)17-15-28(21-27(40)22-34(37)43)46-19-20-47-38-25(3)31-9-7-24(2)30-12-13-35-26(4)48-39(49-38)42(30,31)50-35/h23-35,37-39,43H,7-22H2,1-6H3,(H,44,45)/t23-,24-,25-,26+,27?,28-,29-,30?,31?,32?,33?,34+,35+,37?,38?,39?,40+,41-,42?/m1/s1. The van der Waals surface area contributed by atoms with Gasteiger partial charge in [-0.15, -0.1) is 0 Å². The summed E-state index contributed by atoms with van der Waals surface area (Å²) >= 11 is 0. The molecule has 0 radical (unpaired) electrons. The molecule has 3 heterocycles. The van der Waals surface area contributed by atoms with Crippen LogP contribution in [0.5, 0.6) is 0 Å². The molecule has 2 bridgehead atoms. The number of fused-ring (bicyclic) bond motifs is 6. The third kappa shape index (κ3) is 5.69. The molecule has 0 aromatic heterocycles. The molecule has 8 heteroatoms. The van der Waals surface area contributed by atoms with Gasteiger partial charge in [0.2, 0.25) is 0 Å². The molecule has 0 aromatic carbocycles. The van der Waals surface area contributed by atoms with Gasteiger partial charge in [-0.25, -0.2) is 0 Å². The van der Waals surface area contributed by atoms with Gasteiger partial charge < -0.3 is 33.9 Å². The Morgan fingerprint density at radius 3 is 2.36 bits per heavy atom. The highest BCUT2D eigenvalue weighted by atomic mass is 16.8. The SMILES string of the molecule is C[C@H]1C(OCCO[C@@H]2CC[C@@]3(C)C(C2)C[C@H](O)C2C3CC[C@@]3(C)C2CC[C@@H]3[C@H](C)CCC(=O)O)OC2O[C@@H](C)[C@@H]3CCC4[C@H](C)CCC1C24O3. The van der Waals surface area contributed by atoms with Crippen molar-refractivity contribution in [2.24, 2.45) is 70.0 Å². The number of rotatable bonds is 9. The summed E-state index contributed by atoms with van der Waals surface area (Å²) in [6, 6.07) is 0. The van der Waals surface area contributed by atoms with Crippen molar-refractivity contribution >= 4 is 5.97 Å². The average Bonchev–Trinajstić information content (AvgIpc) is 3.44. The largest absolute Gasteiger partial charge is 0.481 e. The Labute approximate surface area is 301 Å². The first-order valence-corrected chi connectivity index (χ1v) is 21.0. The first-order valence-electron chi connectivity index (χ1n) is 21.0. The van der Waals surface area contributed by atoms with E-state index < -0.39 is 5.97 Å². The Bertz CT molecular complexity index is 1240. The number of carbonyl (C=O) groups is 1. The minimum atomic E-state index is -0.683. The zero-order chi connectivity index (χ0) is 35.2. The van der Waals surface area contributed by atoms with Crippen molar-refractivity contribution in [1.82, 2.24) is 0 Å². The predicted octanol–water partition coefficient (Wildman–Crippen LogP) is 7.84. The van der Waals surface area contributed by atoms with E-state index in [2.05, 4.69) is 41.5 Å². The van der Waals surface area contributed by atoms with Gasteiger partial charge in [-0.1, -0.05) is 34.6 Å². The van der Waals surface area contributed by atoms with Gasteiger partial charge in [-0.3, -0.25) is 4.79 Å². The maximum absolute atomic E-state index is 11.8. The van der Waals surface area contributed by atoms with E-state index in [1.807, 2.05) is 0 Å². The molecule has 19 atom stereocenters. The number of aliphatic hydroxyl groups excluding tert-OH is 1. The van der Waals surface area contributed by atoms with Gasteiger partial charge in [-0.05, 0) is 149 Å². The van der Waals surface area contributed by atoms with Crippen molar-refractivity contribution in [3.8, 4) is 0 Å². The normalized spacial score (nSPS) is 54.5. The van der Waals surface area contributed by atoms with E-state index in [1.165, 1.54) is 44.9 Å². The number of aliphatic carboxylic acids is 1. The Kier molecular flexibility index (Phi) is 9.79. The predicted molar refractivity (Wildman–Crippen MR) is 189 cm³/mol. The number of ether oxygens (including phenoxy) is 5. The second-order valence-corrected chi connectivity index (χ2v) is 19.5. The second-order valence-electron chi connectivity index (χ2n) is 19.5. The molecule has 5 aliphatic carbocycles. The minimum Gasteiger partial charge on any atom is -0.481 e. The van der Waals surface area contributed by atoms with E-state index in [4.69, 9.17) is 23.7 Å². The number of hydrogen-bond acceptors (Lipinski definition) is 7. The second kappa shape index (κ2) is 13.5. The van der Waals surface area contributed by atoms with Crippen LogP contribution in [0.4, 0.5) is 0 Å². The highest BCUT2D eigenvalue weighted by molar-refractivity contribution is 5.66. The number of hydrogen-bond donors (Lipinski definition) is 2. The van der Waals surface area contributed by atoms with Crippen LogP contribution in [0.15, 0.2) is 0 Å². The lowest BCUT2D eigenvalue weighted by atomic mass is 9.43. The van der Waals surface area contributed by atoms with Crippen LogP contribution in [-0.2, 0) is 28.5 Å². The summed E-state index contributed by atoms with van der Waals surface area (Å²) in [6.45, 7) is 15.2. The molecule has 1 spiro atoms. The third-order valence-corrected chi connectivity index (χ3v) is 17.4. The summed E-state index contributed by atoms with van der Waals surface area (Å²) < 4.78 is 33.3. The highest BCUT2D eigenvalue weighted by Crippen LogP contribution is 2.68. The molecule has 8 aliphatic rings. The van der Waals surface area contributed by atoms with Crippen LogP contribution < -0.4 is 0 Å². The Hall–Kier alpha value is -0.770. The van der Waals surface area contributed by atoms with E-state index in [0.29, 0.717) is 66.5 Å². The summed E-state index contributed by atoms with van der Waals surface area (Å²) in [5.41, 5.74) is 0.134. The smallest absolute Gasteiger partial charge is 0.303 e. The Balaban J connectivity index is 0.854. The maximum Gasteiger partial charge on any atom is 0.303 e. The zero-order valence-corrected chi connectivity index (χ0v) is 31.9. The van der Waals surface area contributed by atoms with Crippen LogP contribution >= 0.6 is 0 Å². The molecule has 8 fully saturated rings. The van der Waals surface area contributed by atoms with Crippen LogP contribution in [-0.4, -0.2) is 72.0 Å². The van der Waals surface area contributed by atoms with Gasteiger partial charge in [0.25, 0.3) is 0 Å². The summed E-state index contributed by atoms with van der Waals surface area (Å²) in [7, 11) is 0. The lowest BCUT2D eigenvalue weighted by Crippen LogP contribution is -2.74. The number of aliphatic hydroxyl groups is 1. The molecule has 8 nitrogen and oxygen atoms in total. The minimum absolute atomic E-state index is 0.0415. The molecule has 5 saturated carbocycles. The quantitative estimate of drug-likeness (QED) is 0.235. The van der Waals surface area contributed by atoms with Crippen LogP contribution in [0.2, 0.25) is 0 Å². The molecule has 3 aliphatic heterocycles. The third-order valence-electron chi connectivity index (χ3n) is 17.4. The van der Waals surface area contributed by atoms with Gasteiger partial charge in [0.1, 0.15) is 5.60 Å². The van der Waals surface area contributed by atoms with Gasteiger partial charge in [-0.2, -0.15) is 0 Å². The lowest BCUT2D eigenvalue weighted by Gasteiger charge is -2.65. The van der Waals surface area contributed by atoms with Crippen LogP contribution in [0.25, 0.3) is 0 Å². The molecule has 0 amide bonds. The maximum atomic E-state index is 11.8. The van der Waals surface area contributed by atoms with Crippen molar-refractivity contribution in [2.45, 2.75) is 174 Å². The molecule has 50 heavy (non-hydrogen) atoms. The van der Waals surface area contributed by atoms with Crippen molar-refractivity contribution in [2.75, 3.05) is 13.2 Å². The summed E-state index contributed by atoms with van der Waals surface area (Å²) in [4.78, 5) is 11.3. The van der Waals surface area contributed by atoms with Gasteiger partial charge in [0.15, 0.2) is 12.6 Å². The highest BCUT2D eigenvalue weighted by Gasteiger charge is 2.68. The van der Waals surface area contributed by atoms with E-state index in [9.17, 15) is 15.0 Å². The molecule has 3 saturated heterocycles. The van der Waals surface area contributed by atoms with Gasteiger partial charge >= 0.3 is 5.97 Å². The molecule has 9 unspecified atom stereocenters. The van der Waals surface area contributed by atoms with Crippen molar-refractivity contribution < 1.29 is 38.7 Å². The topological polar surface area (TPSA) is 104 Å². The van der Waals surface area contributed by atoms with Gasteiger partial charge in [0, 0.05) is 18.3 Å². The summed E-state index contributed by atoms with van der Waals surface area (Å²) in [5.74, 6) is 4.01. The Morgan fingerprint density at radius 1 is 0.840 bits per heavy atom. The van der Waals surface area contributed by atoms with E-state index >= 15 is 0 Å². The van der Waals surface area contributed by atoms with Crippen LogP contribution in [0.3, 0.4) is 0 Å². The fourth-order valence-electron chi connectivity index (χ4n) is 14.7. The van der Waals surface area contributed by atoms with Crippen molar-refractivity contribution in [3.63, 3.8) is 0 Å². The van der Waals surface area contributed by atoms with E-state index in [0.717, 1.165) is 38.5 Å². The van der Waals surface area contributed by atoms with Crippen molar-refractivity contribution in [1.29, 1.82) is 0 Å². The molecule has 2 N–H and O–H groups in total. The first-order chi connectivity index (χ1) is 23.9. The van der Waals surface area contributed by atoms with E-state index in [1.54, 1.807) is 0 Å². The monoisotopic (exact) mass is 700 g/mol. The first kappa shape index (κ1) is 36.2. The molecule has 0 aromatic rings. The fraction of sp³-hybridized carbons (Fsp3) is 0.976. The summed E-state index contributed by atoms with van der Waals surface area (Å²) in [6.07, 6.45) is 14.2. The van der Waals surface area contributed by atoms with Crippen LogP contribution in [0.1, 0.15) is 131 Å².